The third-order valence-corrected chi connectivity index (χ3v) is 5.23. The van der Waals surface area contributed by atoms with Gasteiger partial charge in [-0.05, 0) is 43.5 Å². The predicted octanol–water partition coefficient (Wildman–Crippen LogP) is 5.47. The van der Waals surface area contributed by atoms with E-state index in [1.54, 1.807) is 0 Å². The zero-order chi connectivity index (χ0) is 18.3. The van der Waals surface area contributed by atoms with Crippen molar-refractivity contribution in [2.45, 2.75) is 71.1 Å². The zero-order valence-electron chi connectivity index (χ0n) is 16.9. The van der Waals surface area contributed by atoms with Crippen LogP contribution >= 0.6 is 0 Å². The van der Waals surface area contributed by atoms with E-state index in [0.717, 1.165) is 45.1 Å². The van der Waals surface area contributed by atoms with Crippen molar-refractivity contribution in [2.75, 3.05) is 39.5 Å². The van der Waals surface area contributed by atoms with Crippen LogP contribution in [0, 0.1) is 0 Å². The van der Waals surface area contributed by atoms with Gasteiger partial charge in [0.2, 0.25) is 0 Å². The Kier molecular flexibility index (Phi) is 11.5. The molecule has 0 unspecified atom stereocenters. The largest absolute Gasteiger partial charge is 0.494 e. The molecule has 2 rings (SSSR count). The van der Waals surface area contributed by atoms with Crippen molar-refractivity contribution in [1.82, 2.24) is 4.90 Å². The van der Waals surface area contributed by atoms with E-state index in [4.69, 9.17) is 9.47 Å². The van der Waals surface area contributed by atoms with Gasteiger partial charge in [0.25, 0.3) is 0 Å². The Morgan fingerprint density at radius 3 is 2.19 bits per heavy atom. The lowest BCUT2D eigenvalue weighted by molar-refractivity contribution is 0.0374. The van der Waals surface area contributed by atoms with Crippen LogP contribution in [0.3, 0.4) is 0 Å². The molecule has 148 valence electrons. The summed E-state index contributed by atoms with van der Waals surface area (Å²) in [6.45, 7) is 8.27. The third kappa shape index (κ3) is 9.59. The predicted molar refractivity (Wildman–Crippen MR) is 110 cm³/mol. The monoisotopic (exact) mass is 361 g/mol. The molecule has 0 spiro atoms. The Hall–Kier alpha value is -1.06. The van der Waals surface area contributed by atoms with E-state index in [9.17, 15) is 0 Å². The summed E-state index contributed by atoms with van der Waals surface area (Å²) in [5.74, 6) is 1.02. The number of ether oxygens (including phenoxy) is 2. The fourth-order valence-corrected chi connectivity index (χ4v) is 3.51. The molecule has 1 aliphatic heterocycles. The van der Waals surface area contributed by atoms with E-state index in [0.29, 0.717) is 0 Å². The Labute approximate surface area is 161 Å². The maximum atomic E-state index is 5.88. The lowest BCUT2D eigenvalue weighted by atomic mass is 10.1. The highest BCUT2D eigenvalue weighted by molar-refractivity contribution is 5.27. The summed E-state index contributed by atoms with van der Waals surface area (Å²) >= 11 is 0. The van der Waals surface area contributed by atoms with Gasteiger partial charge >= 0.3 is 0 Å². The fourth-order valence-electron chi connectivity index (χ4n) is 3.51. The smallest absolute Gasteiger partial charge is 0.119 e. The normalized spacial score (nSPS) is 15.3. The highest BCUT2D eigenvalue weighted by Crippen LogP contribution is 2.15. The molecule has 1 saturated heterocycles. The standard InChI is InChI=1S/C23H39NO2/c1-2-3-4-5-6-7-8-9-19-26-23-14-12-22(13-15-23)11-10-16-24-17-20-25-21-18-24/h12-15H,2-11,16-21H2,1H3. The number of unbranched alkanes of at least 4 members (excludes halogenated alkanes) is 7. The van der Waals surface area contributed by atoms with Gasteiger partial charge in [-0.1, -0.05) is 64.0 Å². The number of benzene rings is 1. The Bertz CT molecular complexity index is 440. The number of hydrogen-bond donors (Lipinski definition) is 0. The van der Waals surface area contributed by atoms with Crippen LogP contribution in [0.25, 0.3) is 0 Å². The average molecular weight is 362 g/mol. The molecule has 0 radical (unpaired) electrons. The van der Waals surface area contributed by atoms with Crippen LogP contribution < -0.4 is 4.74 Å². The van der Waals surface area contributed by atoms with E-state index in [1.807, 2.05) is 0 Å². The van der Waals surface area contributed by atoms with Gasteiger partial charge in [0.15, 0.2) is 0 Å². The van der Waals surface area contributed by atoms with Gasteiger partial charge in [0.05, 0.1) is 19.8 Å². The molecule has 0 aliphatic carbocycles. The zero-order valence-corrected chi connectivity index (χ0v) is 16.9. The molecule has 1 aliphatic rings. The highest BCUT2D eigenvalue weighted by atomic mass is 16.5. The van der Waals surface area contributed by atoms with E-state index in [1.165, 1.54) is 69.9 Å². The van der Waals surface area contributed by atoms with Crippen molar-refractivity contribution in [1.29, 1.82) is 0 Å². The van der Waals surface area contributed by atoms with E-state index in [-0.39, 0.29) is 0 Å². The minimum absolute atomic E-state index is 0.853. The molecule has 1 aromatic carbocycles. The summed E-state index contributed by atoms with van der Waals surface area (Å²) in [5, 5.41) is 0. The SMILES string of the molecule is CCCCCCCCCCOc1ccc(CCCN2CCOCC2)cc1. The van der Waals surface area contributed by atoms with Crippen LogP contribution in [-0.4, -0.2) is 44.4 Å². The van der Waals surface area contributed by atoms with Crippen molar-refractivity contribution in [3.05, 3.63) is 29.8 Å². The molecule has 0 atom stereocenters. The summed E-state index contributed by atoms with van der Waals surface area (Å²) in [6, 6.07) is 8.72. The topological polar surface area (TPSA) is 21.7 Å². The highest BCUT2D eigenvalue weighted by Gasteiger charge is 2.09. The van der Waals surface area contributed by atoms with Crippen LogP contribution in [0.4, 0.5) is 0 Å². The first kappa shape index (κ1) is 21.2. The van der Waals surface area contributed by atoms with Gasteiger partial charge in [-0.2, -0.15) is 0 Å². The molecule has 0 saturated carbocycles. The first-order valence-electron chi connectivity index (χ1n) is 10.9. The van der Waals surface area contributed by atoms with Gasteiger partial charge in [-0.25, -0.2) is 0 Å². The van der Waals surface area contributed by atoms with Gasteiger partial charge < -0.3 is 9.47 Å². The van der Waals surface area contributed by atoms with E-state index < -0.39 is 0 Å². The van der Waals surface area contributed by atoms with Crippen LogP contribution in [0.1, 0.15) is 70.3 Å². The van der Waals surface area contributed by atoms with Crippen LogP contribution in [0.2, 0.25) is 0 Å². The Morgan fingerprint density at radius 1 is 0.846 bits per heavy atom. The molecule has 1 heterocycles. The molecule has 0 amide bonds. The number of rotatable bonds is 14. The molecular weight excluding hydrogens is 322 g/mol. The number of hydrogen-bond acceptors (Lipinski definition) is 3. The summed E-state index contributed by atoms with van der Waals surface area (Å²) in [6.07, 6.45) is 13.1. The summed E-state index contributed by atoms with van der Waals surface area (Å²) in [4.78, 5) is 2.50. The van der Waals surface area contributed by atoms with E-state index in [2.05, 4.69) is 36.1 Å². The Balaban J connectivity index is 1.48. The second-order valence-electron chi connectivity index (χ2n) is 7.52. The minimum atomic E-state index is 0.853. The molecule has 0 bridgehead atoms. The maximum absolute atomic E-state index is 5.88. The van der Waals surface area contributed by atoms with Crippen molar-refractivity contribution in [2.24, 2.45) is 0 Å². The molecule has 0 N–H and O–H groups in total. The van der Waals surface area contributed by atoms with Crippen LogP contribution in [-0.2, 0) is 11.2 Å². The van der Waals surface area contributed by atoms with Gasteiger partial charge in [0.1, 0.15) is 5.75 Å². The number of aryl methyl sites for hydroxylation is 1. The lowest BCUT2D eigenvalue weighted by Crippen LogP contribution is -2.36. The number of nitrogens with zero attached hydrogens (tertiary/aromatic N) is 1. The fraction of sp³-hybridized carbons (Fsp3) is 0.739. The number of morpholine rings is 1. The quantitative estimate of drug-likeness (QED) is 0.410. The lowest BCUT2D eigenvalue weighted by Gasteiger charge is -2.26. The van der Waals surface area contributed by atoms with E-state index >= 15 is 0 Å². The molecule has 26 heavy (non-hydrogen) atoms. The summed E-state index contributed by atoms with van der Waals surface area (Å²) < 4.78 is 11.3. The minimum Gasteiger partial charge on any atom is -0.494 e. The van der Waals surface area contributed by atoms with Crippen molar-refractivity contribution < 1.29 is 9.47 Å². The second kappa shape index (κ2) is 14.1. The van der Waals surface area contributed by atoms with Crippen molar-refractivity contribution in [3.8, 4) is 5.75 Å². The molecular formula is C23H39NO2. The van der Waals surface area contributed by atoms with Gasteiger partial charge in [0, 0.05) is 13.1 Å². The van der Waals surface area contributed by atoms with Crippen molar-refractivity contribution >= 4 is 0 Å². The molecule has 1 aromatic rings. The molecule has 3 heteroatoms. The maximum Gasteiger partial charge on any atom is 0.119 e. The first-order valence-corrected chi connectivity index (χ1v) is 10.9. The van der Waals surface area contributed by atoms with Crippen LogP contribution in [0.5, 0.6) is 5.75 Å². The third-order valence-electron chi connectivity index (χ3n) is 5.23. The molecule has 3 nitrogen and oxygen atoms in total. The molecule has 0 aromatic heterocycles. The first-order chi connectivity index (χ1) is 12.9. The van der Waals surface area contributed by atoms with Crippen molar-refractivity contribution in [3.63, 3.8) is 0 Å². The Morgan fingerprint density at radius 2 is 1.50 bits per heavy atom. The second-order valence-corrected chi connectivity index (χ2v) is 7.52. The summed E-state index contributed by atoms with van der Waals surface area (Å²) in [7, 11) is 0. The van der Waals surface area contributed by atoms with Gasteiger partial charge in [-0.15, -0.1) is 0 Å². The van der Waals surface area contributed by atoms with Gasteiger partial charge in [-0.3, -0.25) is 4.90 Å². The summed E-state index contributed by atoms with van der Waals surface area (Å²) in [5.41, 5.74) is 1.41. The average Bonchev–Trinajstić information content (AvgIpc) is 2.69. The van der Waals surface area contributed by atoms with Crippen LogP contribution in [0.15, 0.2) is 24.3 Å². The molecule has 1 fully saturated rings.